The average Bonchev–Trinajstić information content (AvgIpc) is 3.16. The van der Waals surface area contributed by atoms with Crippen molar-refractivity contribution in [2.24, 2.45) is 0 Å². The second kappa shape index (κ2) is 9.23. The van der Waals surface area contributed by atoms with Crippen LogP contribution in [0, 0.1) is 5.95 Å². The number of anilines is 1. The maximum absolute atomic E-state index is 14.3. The number of aromatic nitrogens is 3. The molecule has 5 heterocycles. The van der Waals surface area contributed by atoms with E-state index >= 15 is 0 Å². The van der Waals surface area contributed by atoms with Crippen molar-refractivity contribution in [3.8, 4) is 11.8 Å². The molecule has 2 N–H and O–H groups in total. The molecule has 4 aromatic rings. The second-order valence-corrected chi connectivity index (χ2v) is 10.4. The van der Waals surface area contributed by atoms with Gasteiger partial charge in [0.1, 0.15) is 10.7 Å². The second-order valence-electron chi connectivity index (χ2n) is 9.34. The van der Waals surface area contributed by atoms with Crippen LogP contribution in [0.15, 0.2) is 30.3 Å². The molecule has 2 aliphatic heterocycles. The number of carbonyl (C=O) groups is 1. The third-order valence-corrected chi connectivity index (χ3v) is 7.71. The summed E-state index contributed by atoms with van der Waals surface area (Å²) >= 11 is 1.46. The normalized spacial score (nSPS) is 19.1. The smallest absolute Gasteiger partial charge is 0.263 e. The van der Waals surface area contributed by atoms with Crippen molar-refractivity contribution in [2.75, 3.05) is 45.1 Å². The lowest BCUT2D eigenvalue weighted by atomic mass is 10.1. The molecule has 0 spiro atoms. The van der Waals surface area contributed by atoms with Gasteiger partial charge >= 0.3 is 0 Å². The summed E-state index contributed by atoms with van der Waals surface area (Å²) in [7, 11) is 2.09. The van der Waals surface area contributed by atoms with E-state index in [4.69, 9.17) is 4.74 Å². The molecule has 36 heavy (non-hydrogen) atoms. The number of carbonyl (C=O) groups excluding carboxylic acids is 1. The lowest BCUT2D eigenvalue weighted by molar-refractivity contribution is 0.0949. The predicted octanol–water partition coefficient (Wildman–Crippen LogP) is 3.46. The number of piperazine rings is 1. The fourth-order valence-corrected chi connectivity index (χ4v) is 5.74. The van der Waals surface area contributed by atoms with E-state index in [1.807, 2.05) is 25.1 Å². The van der Waals surface area contributed by atoms with Crippen molar-refractivity contribution >= 4 is 43.9 Å². The first-order chi connectivity index (χ1) is 17.4. The minimum atomic E-state index is -0.633. The summed E-state index contributed by atoms with van der Waals surface area (Å²) in [5.74, 6) is 0.119. The maximum atomic E-state index is 14.3. The lowest BCUT2D eigenvalue weighted by Crippen LogP contribution is -2.44. The first-order valence-electron chi connectivity index (χ1n) is 12.0. The summed E-state index contributed by atoms with van der Waals surface area (Å²) in [4.78, 5) is 30.8. The van der Waals surface area contributed by atoms with Crippen LogP contribution in [0.3, 0.4) is 0 Å². The van der Waals surface area contributed by atoms with Crippen LogP contribution < -0.4 is 15.4 Å². The highest BCUT2D eigenvalue weighted by Crippen LogP contribution is 2.41. The Morgan fingerprint density at radius 1 is 1.11 bits per heavy atom. The number of fused-ring (bicyclic) bond motifs is 5. The number of likely N-dealkylation sites (N-methyl/N-ethyl adjacent to an activating group) is 1. The minimum absolute atomic E-state index is 0.0367. The molecule has 6 rings (SSSR count). The zero-order valence-corrected chi connectivity index (χ0v) is 20.9. The van der Waals surface area contributed by atoms with E-state index in [1.165, 1.54) is 17.4 Å². The maximum Gasteiger partial charge on any atom is 0.263 e. The monoisotopic (exact) mass is 507 g/mol. The summed E-state index contributed by atoms with van der Waals surface area (Å²) < 4.78 is 21.1. The van der Waals surface area contributed by atoms with Crippen LogP contribution in [0.5, 0.6) is 11.8 Å². The molecule has 0 aliphatic carbocycles. The summed E-state index contributed by atoms with van der Waals surface area (Å²) in [6.07, 6.45) is 0. The Hall–Kier alpha value is -3.41. The number of hydrogen-bond donors (Lipinski definition) is 2. The van der Waals surface area contributed by atoms with Crippen molar-refractivity contribution in [3.05, 3.63) is 47.0 Å². The van der Waals surface area contributed by atoms with Crippen LogP contribution in [0.4, 0.5) is 10.1 Å². The number of nitrogens with zero attached hydrogens (tertiary/aromatic N) is 5. The molecule has 3 aromatic heterocycles. The molecule has 1 amide bonds. The Kier molecular flexibility index (Phi) is 5.90. The van der Waals surface area contributed by atoms with Crippen LogP contribution >= 0.6 is 11.3 Å². The number of benzene rings is 1. The number of ether oxygens (including phenoxy) is 1. The van der Waals surface area contributed by atoms with Gasteiger partial charge in [0.15, 0.2) is 0 Å². The zero-order valence-electron chi connectivity index (χ0n) is 20.0. The molecule has 0 radical (unpaired) electrons. The Morgan fingerprint density at radius 3 is 2.78 bits per heavy atom. The first-order valence-corrected chi connectivity index (χ1v) is 12.8. The van der Waals surface area contributed by atoms with E-state index < -0.39 is 5.95 Å². The molecule has 1 atom stereocenters. The molecule has 186 valence electrons. The van der Waals surface area contributed by atoms with Crippen LogP contribution in [0.2, 0.25) is 0 Å². The number of nitrogens with one attached hydrogen (secondary N) is 2. The van der Waals surface area contributed by atoms with Gasteiger partial charge in [0.05, 0.1) is 23.8 Å². The topological polar surface area (TPSA) is 95.5 Å². The summed E-state index contributed by atoms with van der Waals surface area (Å²) in [5.41, 5.74) is 1.55. The van der Waals surface area contributed by atoms with E-state index in [9.17, 15) is 9.18 Å². The molecule has 1 saturated heterocycles. The van der Waals surface area contributed by atoms with Gasteiger partial charge in [0, 0.05) is 60.3 Å². The fourth-order valence-electron chi connectivity index (χ4n) is 4.64. The summed E-state index contributed by atoms with van der Waals surface area (Å²) in [5, 5.41) is 8.32. The number of pyridine rings is 1. The van der Waals surface area contributed by atoms with Crippen LogP contribution in [0.25, 0.3) is 21.0 Å². The van der Waals surface area contributed by atoms with E-state index in [2.05, 4.69) is 42.4 Å². The summed E-state index contributed by atoms with van der Waals surface area (Å²) in [6, 6.07) is 8.74. The molecule has 1 aromatic carbocycles. The highest BCUT2D eigenvalue weighted by molar-refractivity contribution is 7.21. The van der Waals surface area contributed by atoms with Crippen molar-refractivity contribution in [1.82, 2.24) is 30.1 Å². The first kappa shape index (κ1) is 23.0. The average molecular weight is 508 g/mol. The van der Waals surface area contributed by atoms with Gasteiger partial charge in [-0.1, -0.05) is 0 Å². The molecule has 9 nitrogen and oxygen atoms in total. The largest absolute Gasteiger partial charge is 0.420 e. The number of thiophene rings is 1. The molecule has 0 saturated carbocycles. The summed E-state index contributed by atoms with van der Waals surface area (Å²) in [6.45, 7) is 6.77. The minimum Gasteiger partial charge on any atom is -0.420 e. The molecule has 0 unspecified atom stereocenters. The predicted molar refractivity (Wildman–Crippen MR) is 137 cm³/mol. The van der Waals surface area contributed by atoms with E-state index in [1.54, 1.807) is 6.07 Å². The van der Waals surface area contributed by atoms with Gasteiger partial charge < -0.3 is 20.3 Å². The van der Waals surface area contributed by atoms with Gasteiger partial charge in [-0.15, -0.1) is 11.3 Å². The Morgan fingerprint density at radius 2 is 1.94 bits per heavy atom. The van der Waals surface area contributed by atoms with Crippen molar-refractivity contribution < 1.29 is 13.9 Å². The van der Waals surface area contributed by atoms with E-state index in [-0.39, 0.29) is 17.8 Å². The molecular formula is C25H26FN7O2S. The SMILES string of the molecule is C[C@@H]1CNc2c(sc3ccc4nc(Oc5cc(F)nc(CN6CCN(C)CC6)n5)ccc4c23)C(=O)N1. The van der Waals surface area contributed by atoms with Gasteiger partial charge in [-0.05, 0) is 32.2 Å². The highest BCUT2D eigenvalue weighted by Gasteiger charge is 2.25. The quantitative estimate of drug-likeness (QED) is 0.406. The van der Waals surface area contributed by atoms with Gasteiger partial charge in [-0.3, -0.25) is 9.69 Å². The molecule has 0 bridgehead atoms. The Balaban J connectivity index is 1.29. The fraction of sp³-hybridized carbons (Fsp3) is 0.360. The number of amides is 1. The van der Waals surface area contributed by atoms with Gasteiger partial charge in [-0.2, -0.15) is 9.37 Å². The third kappa shape index (κ3) is 4.45. The number of halogens is 1. The van der Waals surface area contributed by atoms with Crippen LogP contribution in [0.1, 0.15) is 22.4 Å². The van der Waals surface area contributed by atoms with Crippen LogP contribution in [-0.4, -0.2) is 76.5 Å². The third-order valence-electron chi connectivity index (χ3n) is 6.55. The van der Waals surface area contributed by atoms with Gasteiger partial charge in [0.2, 0.25) is 17.7 Å². The standard InChI is InChI=1S/C25H26FN7O2S/c1-14-12-27-23-22-15-3-6-20(29-16(15)4-5-17(22)36-24(23)25(34)28-14)35-21-11-18(26)30-19(31-21)13-33-9-7-32(2)8-10-33/h3-6,11,14,27H,7-10,12-13H2,1-2H3,(H,28,34)/t14-/m1/s1. The number of rotatable bonds is 4. The highest BCUT2D eigenvalue weighted by atomic mass is 32.1. The van der Waals surface area contributed by atoms with Gasteiger partial charge in [-0.25, -0.2) is 9.97 Å². The van der Waals surface area contributed by atoms with Crippen molar-refractivity contribution in [1.29, 1.82) is 0 Å². The van der Waals surface area contributed by atoms with E-state index in [0.717, 1.165) is 47.3 Å². The molecular weight excluding hydrogens is 481 g/mol. The molecule has 1 fully saturated rings. The molecule has 2 aliphatic rings. The van der Waals surface area contributed by atoms with Crippen molar-refractivity contribution in [3.63, 3.8) is 0 Å². The van der Waals surface area contributed by atoms with E-state index in [0.29, 0.717) is 35.2 Å². The zero-order chi connectivity index (χ0) is 24.8. The molecule has 11 heteroatoms. The van der Waals surface area contributed by atoms with Crippen molar-refractivity contribution in [2.45, 2.75) is 19.5 Å². The number of hydrogen-bond acceptors (Lipinski definition) is 9. The van der Waals surface area contributed by atoms with Crippen LogP contribution in [-0.2, 0) is 6.54 Å². The Labute approximate surface area is 211 Å². The Bertz CT molecular complexity index is 1470. The lowest BCUT2D eigenvalue weighted by Gasteiger charge is -2.31. The van der Waals surface area contributed by atoms with Gasteiger partial charge in [0.25, 0.3) is 5.91 Å².